The van der Waals surface area contributed by atoms with Crippen molar-refractivity contribution in [3.8, 4) is 0 Å². The molecule has 2 heterocycles. The molecule has 0 radical (unpaired) electrons. The van der Waals surface area contributed by atoms with Crippen molar-refractivity contribution in [2.75, 3.05) is 25.5 Å². The predicted octanol–water partition coefficient (Wildman–Crippen LogP) is 1.33. The van der Waals surface area contributed by atoms with Gasteiger partial charge in [-0.15, -0.1) is 0 Å². The molecule has 7 heteroatoms. The highest BCUT2D eigenvalue weighted by Gasteiger charge is 2.36. The van der Waals surface area contributed by atoms with Crippen LogP contribution in [0, 0.1) is 0 Å². The standard InChI is InChI=1S/C15H23N3O4/c1-15(2,3)22-14(20)18-6-7-21-9-12(18)13(19)10-8-17-5-4-11(10)16/h4-5,8,12-13,19H,6-7,9H2,1-3H3,(H2,16,17). The summed E-state index contributed by atoms with van der Waals surface area (Å²) in [7, 11) is 0. The molecule has 0 bridgehead atoms. The number of anilines is 1. The van der Waals surface area contributed by atoms with E-state index in [9.17, 15) is 9.90 Å². The molecule has 1 aliphatic rings. The summed E-state index contributed by atoms with van der Waals surface area (Å²) in [5, 5.41) is 10.6. The van der Waals surface area contributed by atoms with Gasteiger partial charge in [-0.05, 0) is 26.8 Å². The zero-order valence-corrected chi connectivity index (χ0v) is 13.2. The van der Waals surface area contributed by atoms with E-state index in [0.29, 0.717) is 24.4 Å². The van der Waals surface area contributed by atoms with Crippen LogP contribution >= 0.6 is 0 Å². The van der Waals surface area contributed by atoms with Crippen LogP contribution in [0.5, 0.6) is 0 Å². The molecule has 1 fully saturated rings. The first-order valence-corrected chi connectivity index (χ1v) is 7.24. The molecule has 2 rings (SSSR count). The summed E-state index contributed by atoms with van der Waals surface area (Å²) in [6.45, 7) is 6.39. The third-order valence-corrected chi connectivity index (χ3v) is 3.36. The van der Waals surface area contributed by atoms with Crippen LogP contribution in [0.4, 0.5) is 10.5 Å². The number of rotatable bonds is 2. The number of carbonyl (C=O) groups excluding carboxylic acids is 1. The molecule has 122 valence electrons. The van der Waals surface area contributed by atoms with Gasteiger partial charge in [0.05, 0.1) is 19.3 Å². The number of morpholine rings is 1. The molecule has 1 aromatic heterocycles. The van der Waals surface area contributed by atoms with Gasteiger partial charge in [0.25, 0.3) is 0 Å². The second-order valence-corrected chi connectivity index (χ2v) is 6.27. The van der Waals surface area contributed by atoms with Crippen LogP contribution in [0.15, 0.2) is 18.5 Å². The number of hydrogen-bond donors (Lipinski definition) is 2. The van der Waals surface area contributed by atoms with E-state index < -0.39 is 23.8 Å². The minimum atomic E-state index is -0.985. The molecule has 1 aliphatic heterocycles. The van der Waals surface area contributed by atoms with E-state index in [2.05, 4.69) is 4.98 Å². The molecular formula is C15H23N3O4. The van der Waals surface area contributed by atoms with Crippen molar-refractivity contribution >= 4 is 11.8 Å². The number of nitrogens with zero attached hydrogens (tertiary/aromatic N) is 2. The van der Waals surface area contributed by atoms with Gasteiger partial charge in [-0.25, -0.2) is 4.79 Å². The maximum absolute atomic E-state index is 12.3. The van der Waals surface area contributed by atoms with Crippen molar-refractivity contribution in [3.63, 3.8) is 0 Å². The summed E-state index contributed by atoms with van der Waals surface area (Å²) < 4.78 is 10.8. The van der Waals surface area contributed by atoms with Gasteiger partial charge in [0.1, 0.15) is 11.7 Å². The Labute approximate surface area is 130 Å². The van der Waals surface area contributed by atoms with Crippen LogP contribution in [0.25, 0.3) is 0 Å². The fourth-order valence-electron chi connectivity index (χ4n) is 2.30. The molecule has 2 unspecified atom stereocenters. The Kier molecular flexibility index (Phi) is 4.87. The first-order chi connectivity index (χ1) is 10.3. The van der Waals surface area contributed by atoms with E-state index in [1.807, 2.05) is 0 Å². The molecular weight excluding hydrogens is 286 g/mol. The molecule has 2 atom stereocenters. The Balaban J connectivity index is 2.19. The van der Waals surface area contributed by atoms with Crippen LogP contribution < -0.4 is 5.73 Å². The molecule has 0 aromatic carbocycles. The van der Waals surface area contributed by atoms with E-state index in [-0.39, 0.29) is 6.61 Å². The molecule has 7 nitrogen and oxygen atoms in total. The van der Waals surface area contributed by atoms with E-state index in [4.69, 9.17) is 15.2 Å². The number of carbonyl (C=O) groups is 1. The summed E-state index contributed by atoms with van der Waals surface area (Å²) >= 11 is 0. The predicted molar refractivity (Wildman–Crippen MR) is 81.2 cm³/mol. The second-order valence-electron chi connectivity index (χ2n) is 6.27. The number of hydrogen-bond acceptors (Lipinski definition) is 6. The Morgan fingerprint density at radius 2 is 2.32 bits per heavy atom. The average Bonchev–Trinajstić information content (AvgIpc) is 2.45. The number of amides is 1. The largest absolute Gasteiger partial charge is 0.444 e. The third kappa shape index (κ3) is 3.86. The number of ether oxygens (including phenoxy) is 2. The van der Waals surface area contributed by atoms with Crippen LogP contribution in [0.3, 0.4) is 0 Å². The zero-order chi connectivity index (χ0) is 16.3. The minimum absolute atomic E-state index is 0.217. The first kappa shape index (κ1) is 16.5. The Morgan fingerprint density at radius 1 is 1.59 bits per heavy atom. The zero-order valence-electron chi connectivity index (χ0n) is 13.2. The summed E-state index contributed by atoms with van der Waals surface area (Å²) in [6.07, 6.45) is 1.60. The van der Waals surface area contributed by atoms with Gasteiger partial charge in [0, 0.05) is 30.2 Å². The van der Waals surface area contributed by atoms with Gasteiger partial charge >= 0.3 is 6.09 Å². The van der Waals surface area contributed by atoms with E-state index >= 15 is 0 Å². The van der Waals surface area contributed by atoms with Gasteiger partial charge in [0.15, 0.2) is 0 Å². The Bertz CT molecular complexity index is 530. The molecule has 1 amide bonds. The van der Waals surface area contributed by atoms with Crippen LogP contribution in [0.1, 0.15) is 32.4 Å². The van der Waals surface area contributed by atoms with Crippen molar-refractivity contribution in [2.24, 2.45) is 0 Å². The quantitative estimate of drug-likeness (QED) is 0.855. The highest BCUT2D eigenvalue weighted by molar-refractivity contribution is 5.69. The van der Waals surface area contributed by atoms with Crippen LogP contribution in [-0.4, -0.2) is 52.5 Å². The fraction of sp³-hybridized carbons (Fsp3) is 0.600. The molecule has 22 heavy (non-hydrogen) atoms. The molecule has 3 N–H and O–H groups in total. The molecule has 0 spiro atoms. The lowest BCUT2D eigenvalue weighted by atomic mass is 10.0. The number of aliphatic hydroxyl groups excluding tert-OH is 1. The van der Waals surface area contributed by atoms with Crippen molar-refractivity contribution in [1.82, 2.24) is 9.88 Å². The lowest BCUT2D eigenvalue weighted by Gasteiger charge is -2.39. The summed E-state index contributed by atoms with van der Waals surface area (Å²) in [5.74, 6) is 0. The normalized spacial score (nSPS) is 20.5. The molecule has 0 saturated carbocycles. The topological polar surface area (TPSA) is 97.9 Å². The number of pyridine rings is 1. The Hall–Kier alpha value is -1.86. The minimum Gasteiger partial charge on any atom is -0.444 e. The molecule has 0 aliphatic carbocycles. The number of aromatic nitrogens is 1. The number of aliphatic hydroxyl groups is 1. The summed E-state index contributed by atoms with van der Waals surface area (Å²) in [6, 6.07) is 1.05. The fourth-order valence-corrected chi connectivity index (χ4v) is 2.30. The van der Waals surface area contributed by atoms with Gasteiger partial charge < -0.3 is 20.3 Å². The molecule has 1 aromatic rings. The van der Waals surface area contributed by atoms with Gasteiger partial charge in [-0.2, -0.15) is 0 Å². The smallest absolute Gasteiger partial charge is 0.410 e. The lowest BCUT2D eigenvalue weighted by molar-refractivity contribution is -0.0671. The van der Waals surface area contributed by atoms with E-state index in [1.54, 1.807) is 33.0 Å². The second kappa shape index (κ2) is 6.50. The van der Waals surface area contributed by atoms with Gasteiger partial charge in [-0.1, -0.05) is 0 Å². The van der Waals surface area contributed by atoms with Crippen LogP contribution in [0.2, 0.25) is 0 Å². The van der Waals surface area contributed by atoms with Gasteiger partial charge in [0.2, 0.25) is 0 Å². The Morgan fingerprint density at radius 3 is 2.95 bits per heavy atom. The lowest BCUT2D eigenvalue weighted by Crippen LogP contribution is -2.52. The first-order valence-electron chi connectivity index (χ1n) is 7.24. The van der Waals surface area contributed by atoms with Crippen molar-refractivity contribution < 1.29 is 19.4 Å². The van der Waals surface area contributed by atoms with Crippen LogP contribution in [-0.2, 0) is 9.47 Å². The van der Waals surface area contributed by atoms with E-state index in [1.165, 1.54) is 11.1 Å². The SMILES string of the molecule is CC(C)(C)OC(=O)N1CCOCC1C(O)c1cnccc1N. The molecule has 1 saturated heterocycles. The average molecular weight is 309 g/mol. The maximum Gasteiger partial charge on any atom is 0.410 e. The number of nitrogens with two attached hydrogens (primary N) is 1. The van der Waals surface area contributed by atoms with Crippen molar-refractivity contribution in [2.45, 2.75) is 38.5 Å². The van der Waals surface area contributed by atoms with Gasteiger partial charge in [-0.3, -0.25) is 9.88 Å². The van der Waals surface area contributed by atoms with Crippen molar-refractivity contribution in [3.05, 3.63) is 24.0 Å². The monoisotopic (exact) mass is 309 g/mol. The maximum atomic E-state index is 12.3. The highest BCUT2D eigenvalue weighted by Crippen LogP contribution is 2.28. The summed E-state index contributed by atoms with van der Waals surface area (Å²) in [4.78, 5) is 17.8. The van der Waals surface area contributed by atoms with Crippen molar-refractivity contribution in [1.29, 1.82) is 0 Å². The van der Waals surface area contributed by atoms with E-state index in [0.717, 1.165) is 0 Å². The summed E-state index contributed by atoms with van der Waals surface area (Å²) in [5.41, 5.74) is 6.18. The highest BCUT2D eigenvalue weighted by atomic mass is 16.6. The third-order valence-electron chi connectivity index (χ3n) is 3.36. The number of nitrogen functional groups attached to an aromatic ring is 1.